The lowest BCUT2D eigenvalue weighted by Crippen LogP contribution is -2.42. The van der Waals surface area contributed by atoms with Crippen LogP contribution in [0.15, 0.2) is 18.2 Å². The van der Waals surface area contributed by atoms with Gasteiger partial charge in [0.05, 0.1) is 6.10 Å². The number of benzene rings is 1. The van der Waals surface area contributed by atoms with Crippen LogP contribution in [0.1, 0.15) is 42.5 Å². The van der Waals surface area contributed by atoms with Crippen molar-refractivity contribution in [2.24, 2.45) is 5.92 Å². The van der Waals surface area contributed by atoms with Crippen molar-refractivity contribution in [3.8, 4) is 0 Å². The number of nitrogens with zero attached hydrogens (tertiary/aromatic N) is 1. The van der Waals surface area contributed by atoms with E-state index in [0.29, 0.717) is 6.54 Å². The molecule has 0 radical (unpaired) electrons. The Hall–Kier alpha value is -1.49. The summed E-state index contributed by atoms with van der Waals surface area (Å²) in [4.78, 5) is 14.3. The Morgan fingerprint density at radius 2 is 1.95 bits per heavy atom. The Balaban J connectivity index is 1.81. The van der Waals surface area contributed by atoms with Crippen LogP contribution in [0.5, 0.6) is 0 Å². The predicted octanol–water partition coefficient (Wildman–Crippen LogP) is 2.73. The average molecular weight is 295 g/mol. The second kappa shape index (κ2) is 5.72. The highest BCUT2D eigenvalue weighted by molar-refractivity contribution is 5.94. The first-order chi connectivity index (χ1) is 10.1. The van der Waals surface area contributed by atoms with Crippen LogP contribution < -0.4 is 0 Å². The third-order valence-corrected chi connectivity index (χ3v) is 4.75. The highest BCUT2D eigenvalue weighted by Crippen LogP contribution is 2.36. The fourth-order valence-corrected chi connectivity index (χ4v) is 3.70. The van der Waals surface area contributed by atoms with Crippen molar-refractivity contribution in [2.45, 2.75) is 44.2 Å². The highest BCUT2D eigenvalue weighted by Gasteiger charge is 2.40. The third kappa shape index (κ3) is 2.67. The number of amides is 1. The summed E-state index contributed by atoms with van der Waals surface area (Å²) in [6, 6.07) is 3.28. The summed E-state index contributed by atoms with van der Waals surface area (Å²) >= 11 is 0. The lowest BCUT2D eigenvalue weighted by Gasteiger charge is -2.31. The van der Waals surface area contributed by atoms with Gasteiger partial charge in [-0.3, -0.25) is 4.79 Å². The van der Waals surface area contributed by atoms with Crippen molar-refractivity contribution >= 4 is 5.91 Å². The zero-order valence-electron chi connectivity index (χ0n) is 11.8. The molecule has 0 aromatic heterocycles. The van der Waals surface area contributed by atoms with E-state index in [1.54, 1.807) is 4.90 Å². The first-order valence-corrected chi connectivity index (χ1v) is 7.52. The molecule has 2 aliphatic rings. The van der Waals surface area contributed by atoms with E-state index in [9.17, 15) is 18.7 Å². The second-order valence-corrected chi connectivity index (χ2v) is 6.00. The van der Waals surface area contributed by atoms with Gasteiger partial charge in [-0.15, -0.1) is 0 Å². The van der Waals surface area contributed by atoms with Crippen molar-refractivity contribution in [2.75, 3.05) is 6.54 Å². The lowest BCUT2D eigenvalue weighted by atomic mass is 9.93. The fourth-order valence-electron chi connectivity index (χ4n) is 3.70. The molecular weight excluding hydrogens is 276 g/mol. The number of carbonyl (C=O) groups is 1. The summed E-state index contributed by atoms with van der Waals surface area (Å²) in [7, 11) is 0. The zero-order valence-corrected chi connectivity index (χ0v) is 11.8. The quantitative estimate of drug-likeness (QED) is 0.911. The molecule has 2 fully saturated rings. The molecule has 3 nitrogen and oxygen atoms in total. The smallest absolute Gasteiger partial charge is 0.254 e. The number of carbonyl (C=O) groups excluding carboxylic acids is 1. The van der Waals surface area contributed by atoms with Crippen LogP contribution in [0, 0.1) is 17.6 Å². The van der Waals surface area contributed by atoms with Gasteiger partial charge in [0, 0.05) is 24.1 Å². The zero-order chi connectivity index (χ0) is 15.0. The molecule has 0 spiro atoms. The van der Waals surface area contributed by atoms with Gasteiger partial charge in [-0.2, -0.15) is 0 Å². The predicted molar refractivity (Wildman–Crippen MR) is 73.8 cm³/mol. The monoisotopic (exact) mass is 295 g/mol. The second-order valence-electron chi connectivity index (χ2n) is 6.00. The maximum atomic E-state index is 13.3. The normalized spacial score (nSPS) is 29.1. The number of rotatable bonds is 2. The van der Waals surface area contributed by atoms with Gasteiger partial charge in [0.25, 0.3) is 5.91 Å². The number of likely N-dealkylation sites (tertiary alicyclic amines) is 1. The summed E-state index contributed by atoms with van der Waals surface area (Å²) < 4.78 is 26.3. The number of halogens is 2. The van der Waals surface area contributed by atoms with Crippen LogP contribution in [0.25, 0.3) is 0 Å². The van der Waals surface area contributed by atoms with Gasteiger partial charge in [0.15, 0.2) is 11.6 Å². The maximum absolute atomic E-state index is 13.3. The fraction of sp³-hybridized carbons (Fsp3) is 0.562. The molecule has 3 unspecified atom stereocenters. The van der Waals surface area contributed by atoms with E-state index < -0.39 is 11.6 Å². The molecule has 3 atom stereocenters. The minimum Gasteiger partial charge on any atom is -0.393 e. The van der Waals surface area contributed by atoms with Crippen molar-refractivity contribution in [3.05, 3.63) is 35.4 Å². The summed E-state index contributed by atoms with van der Waals surface area (Å²) in [6.07, 6.45) is 4.10. The minimum atomic E-state index is -1.00. The van der Waals surface area contributed by atoms with E-state index >= 15 is 0 Å². The number of hydrogen-bond donors (Lipinski definition) is 1. The van der Waals surface area contributed by atoms with Gasteiger partial charge >= 0.3 is 0 Å². The van der Waals surface area contributed by atoms with Crippen molar-refractivity contribution in [3.63, 3.8) is 0 Å². The molecule has 114 valence electrons. The van der Waals surface area contributed by atoms with Gasteiger partial charge in [-0.1, -0.05) is 6.42 Å². The molecule has 0 bridgehead atoms. The van der Waals surface area contributed by atoms with Gasteiger partial charge in [0.2, 0.25) is 0 Å². The summed E-state index contributed by atoms with van der Waals surface area (Å²) in [5.74, 6) is -2.11. The number of aliphatic hydroxyl groups is 1. The van der Waals surface area contributed by atoms with Crippen LogP contribution in [0.2, 0.25) is 0 Å². The van der Waals surface area contributed by atoms with E-state index in [-0.39, 0.29) is 29.5 Å². The van der Waals surface area contributed by atoms with Crippen LogP contribution >= 0.6 is 0 Å². The van der Waals surface area contributed by atoms with Crippen molar-refractivity contribution in [1.82, 2.24) is 4.90 Å². The summed E-state index contributed by atoms with van der Waals surface area (Å²) in [5.41, 5.74) is 0.174. The molecule has 1 aromatic carbocycles. The highest BCUT2D eigenvalue weighted by atomic mass is 19.2. The Morgan fingerprint density at radius 1 is 1.14 bits per heavy atom. The molecule has 1 N–H and O–H groups in total. The largest absolute Gasteiger partial charge is 0.393 e. The Labute approximate surface area is 122 Å². The van der Waals surface area contributed by atoms with Gasteiger partial charge < -0.3 is 10.0 Å². The van der Waals surface area contributed by atoms with Crippen LogP contribution in [-0.4, -0.2) is 34.6 Å². The Kier molecular flexibility index (Phi) is 3.93. The third-order valence-electron chi connectivity index (χ3n) is 4.75. The molecule has 1 saturated carbocycles. The maximum Gasteiger partial charge on any atom is 0.254 e. The van der Waals surface area contributed by atoms with Gasteiger partial charge in [-0.05, 0) is 43.9 Å². The number of aliphatic hydroxyl groups excluding tert-OH is 1. The summed E-state index contributed by atoms with van der Waals surface area (Å²) in [5, 5.41) is 10.1. The van der Waals surface area contributed by atoms with E-state index in [4.69, 9.17) is 0 Å². The lowest BCUT2D eigenvalue weighted by molar-refractivity contribution is 0.0527. The van der Waals surface area contributed by atoms with Crippen LogP contribution in [0.3, 0.4) is 0 Å². The molecular formula is C16H19F2NO2. The first kappa shape index (κ1) is 14.4. The standard InChI is InChI=1S/C16H19F2NO2/c17-12-7-6-10(9-13(12)18)16(21)19-8-2-4-14(19)11-3-1-5-15(11)20/h6-7,9,11,14-15,20H,1-5,8H2. The molecule has 3 rings (SSSR count). The first-order valence-electron chi connectivity index (χ1n) is 7.52. The molecule has 1 aromatic rings. The molecule has 1 heterocycles. The van der Waals surface area contributed by atoms with Crippen molar-refractivity contribution < 1.29 is 18.7 Å². The van der Waals surface area contributed by atoms with Gasteiger partial charge in [-0.25, -0.2) is 8.78 Å². The van der Waals surface area contributed by atoms with E-state index in [1.165, 1.54) is 6.07 Å². The molecule has 1 amide bonds. The Morgan fingerprint density at radius 3 is 2.62 bits per heavy atom. The Bertz CT molecular complexity index is 549. The van der Waals surface area contributed by atoms with E-state index in [0.717, 1.165) is 44.2 Å². The van der Waals surface area contributed by atoms with Crippen LogP contribution in [-0.2, 0) is 0 Å². The van der Waals surface area contributed by atoms with Crippen LogP contribution in [0.4, 0.5) is 8.78 Å². The van der Waals surface area contributed by atoms with Crippen molar-refractivity contribution in [1.29, 1.82) is 0 Å². The number of hydrogen-bond acceptors (Lipinski definition) is 2. The molecule has 1 aliphatic carbocycles. The van der Waals surface area contributed by atoms with E-state index in [1.807, 2.05) is 0 Å². The molecule has 21 heavy (non-hydrogen) atoms. The molecule has 1 aliphatic heterocycles. The molecule has 5 heteroatoms. The topological polar surface area (TPSA) is 40.5 Å². The molecule has 1 saturated heterocycles. The van der Waals surface area contributed by atoms with Gasteiger partial charge in [0.1, 0.15) is 0 Å². The SMILES string of the molecule is O=C(c1ccc(F)c(F)c1)N1CCCC1C1CCCC1O. The average Bonchev–Trinajstić information content (AvgIpc) is 3.09. The van der Waals surface area contributed by atoms with E-state index in [2.05, 4.69) is 0 Å². The summed E-state index contributed by atoms with van der Waals surface area (Å²) in [6.45, 7) is 0.617. The minimum absolute atomic E-state index is 0.0168.